The van der Waals surface area contributed by atoms with Crippen molar-refractivity contribution < 1.29 is 4.74 Å². The fraction of sp³-hybridized carbons (Fsp3) is 1.00. The van der Waals surface area contributed by atoms with Crippen LogP contribution in [0, 0.1) is 0 Å². The van der Waals surface area contributed by atoms with Crippen LogP contribution in [0.4, 0.5) is 0 Å². The number of hydrogen-bond acceptors (Lipinski definition) is 2. The maximum absolute atomic E-state index is 5.72. The maximum atomic E-state index is 5.72. The summed E-state index contributed by atoms with van der Waals surface area (Å²) >= 11 is 0. The summed E-state index contributed by atoms with van der Waals surface area (Å²) in [5.74, 6) is 0. The van der Waals surface area contributed by atoms with Gasteiger partial charge in [-0.05, 0) is 12.8 Å². The third-order valence-electron chi connectivity index (χ3n) is 2.04. The van der Waals surface area contributed by atoms with E-state index in [1.165, 1.54) is 0 Å². The quantitative estimate of drug-likeness (QED) is 0.637. The minimum absolute atomic E-state index is 0.493. The van der Waals surface area contributed by atoms with Crippen LogP contribution in [0.2, 0.25) is 0 Å². The Labute approximate surface area is 63.0 Å². The summed E-state index contributed by atoms with van der Waals surface area (Å²) in [6.45, 7) is 6.47. The van der Waals surface area contributed by atoms with E-state index in [-0.39, 0.29) is 0 Å². The molecule has 1 N–H and O–H groups in total. The Balaban J connectivity index is 2.08. The van der Waals surface area contributed by atoms with Crippen molar-refractivity contribution in [2.75, 3.05) is 13.1 Å². The van der Waals surface area contributed by atoms with Gasteiger partial charge in [0.15, 0.2) is 0 Å². The van der Waals surface area contributed by atoms with E-state index >= 15 is 0 Å². The Morgan fingerprint density at radius 2 is 2.00 bits per heavy atom. The molecule has 2 heteroatoms. The van der Waals surface area contributed by atoms with Crippen molar-refractivity contribution in [2.24, 2.45) is 0 Å². The SMILES string of the molecule is CCC(CC)OC1CNC1. The highest BCUT2D eigenvalue weighted by molar-refractivity contribution is 4.76. The highest BCUT2D eigenvalue weighted by Crippen LogP contribution is 2.08. The Morgan fingerprint density at radius 1 is 1.40 bits per heavy atom. The van der Waals surface area contributed by atoms with Gasteiger partial charge in [-0.15, -0.1) is 0 Å². The van der Waals surface area contributed by atoms with E-state index in [9.17, 15) is 0 Å². The van der Waals surface area contributed by atoms with E-state index < -0.39 is 0 Å². The van der Waals surface area contributed by atoms with Gasteiger partial charge in [-0.2, -0.15) is 0 Å². The maximum Gasteiger partial charge on any atom is 0.0827 e. The van der Waals surface area contributed by atoms with Gasteiger partial charge in [0.1, 0.15) is 0 Å². The van der Waals surface area contributed by atoms with Gasteiger partial charge in [0.25, 0.3) is 0 Å². The van der Waals surface area contributed by atoms with Crippen molar-refractivity contribution in [1.29, 1.82) is 0 Å². The van der Waals surface area contributed by atoms with Crippen molar-refractivity contribution in [2.45, 2.75) is 38.9 Å². The smallest absolute Gasteiger partial charge is 0.0827 e. The highest BCUT2D eigenvalue weighted by atomic mass is 16.5. The Kier molecular flexibility index (Phi) is 3.16. The van der Waals surface area contributed by atoms with Crippen LogP contribution in [0.1, 0.15) is 26.7 Å². The van der Waals surface area contributed by atoms with Gasteiger partial charge in [0.2, 0.25) is 0 Å². The number of hydrogen-bond donors (Lipinski definition) is 1. The van der Waals surface area contributed by atoms with Gasteiger partial charge in [-0.3, -0.25) is 0 Å². The van der Waals surface area contributed by atoms with Crippen LogP contribution < -0.4 is 5.32 Å². The molecule has 0 aromatic rings. The average Bonchev–Trinajstić information content (AvgIpc) is 1.87. The minimum atomic E-state index is 0.493. The summed E-state index contributed by atoms with van der Waals surface area (Å²) in [6, 6.07) is 0. The number of rotatable bonds is 4. The molecule has 1 aliphatic rings. The zero-order valence-electron chi connectivity index (χ0n) is 6.89. The van der Waals surface area contributed by atoms with Crippen LogP contribution in [0.5, 0.6) is 0 Å². The number of ether oxygens (including phenoxy) is 1. The standard InChI is InChI=1S/C8H17NO/c1-3-7(4-2)10-8-5-9-6-8/h7-9H,3-6H2,1-2H3. The van der Waals surface area contributed by atoms with Crippen molar-refractivity contribution >= 4 is 0 Å². The van der Waals surface area contributed by atoms with Crippen molar-refractivity contribution in [3.05, 3.63) is 0 Å². The van der Waals surface area contributed by atoms with Crippen LogP contribution in [0.3, 0.4) is 0 Å². The number of nitrogens with one attached hydrogen (secondary N) is 1. The van der Waals surface area contributed by atoms with E-state index in [4.69, 9.17) is 4.74 Å². The lowest BCUT2D eigenvalue weighted by molar-refractivity contribution is -0.0400. The molecule has 1 aliphatic heterocycles. The first-order valence-corrected chi connectivity index (χ1v) is 4.23. The third kappa shape index (κ3) is 1.96. The second-order valence-corrected chi connectivity index (χ2v) is 2.85. The van der Waals surface area contributed by atoms with Crippen LogP contribution in [-0.4, -0.2) is 25.3 Å². The highest BCUT2D eigenvalue weighted by Gasteiger charge is 2.19. The summed E-state index contributed by atoms with van der Waals surface area (Å²) in [5.41, 5.74) is 0. The van der Waals surface area contributed by atoms with Crippen LogP contribution in [0.25, 0.3) is 0 Å². The molecule has 0 aliphatic carbocycles. The fourth-order valence-electron chi connectivity index (χ4n) is 1.11. The molecule has 0 atom stereocenters. The summed E-state index contributed by atoms with van der Waals surface area (Å²) in [4.78, 5) is 0. The molecule has 0 unspecified atom stereocenters. The van der Waals surface area contributed by atoms with Crippen molar-refractivity contribution in [3.8, 4) is 0 Å². The van der Waals surface area contributed by atoms with E-state index in [0.29, 0.717) is 12.2 Å². The first-order chi connectivity index (χ1) is 4.86. The molecular weight excluding hydrogens is 126 g/mol. The van der Waals surface area contributed by atoms with Crippen LogP contribution in [-0.2, 0) is 4.74 Å². The minimum Gasteiger partial charge on any atom is -0.372 e. The Hall–Kier alpha value is -0.0800. The molecule has 0 saturated carbocycles. The lowest BCUT2D eigenvalue weighted by Crippen LogP contribution is -2.49. The fourth-order valence-corrected chi connectivity index (χ4v) is 1.11. The van der Waals surface area contributed by atoms with Gasteiger partial charge in [-0.25, -0.2) is 0 Å². The average molecular weight is 143 g/mol. The van der Waals surface area contributed by atoms with Gasteiger partial charge in [0.05, 0.1) is 12.2 Å². The third-order valence-corrected chi connectivity index (χ3v) is 2.04. The predicted molar refractivity (Wildman–Crippen MR) is 42.1 cm³/mol. The lowest BCUT2D eigenvalue weighted by atomic mass is 10.2. The van der Waals surface area contributed by atoms with Crippen LogP contribution >= 0.6 is 0 Å². The molecular formula is C8H17NO. The summed E-state index contributed by atoms with van der Waals surface area (Å²) in [6.07, 6.45) is 3.29. The monoisotopic (exact) mass is 143 g/mol. The molecule has 0 radical (unpaired) electrons. The van der Waals surface area contributed by atoms with Gasteiger partial charge in [0, 0.05) is 13.1 Å². The molecule has 0 bridgehead atoms. The predicted octanol–water partition coefficient (Wildman–Crippen LogP) is 1.16. The molecule has 0 spiro atoms. The summed E-state index contributed by atoms with van der Waals surface area (Å²) in [5, 5.41) is 3.19. The largest absolute Gasteiger partial charge is 0.372 e. The second-order valence-electron chi connectivity index (χ2n) is 2.85. The van der Waals surface area contributed by atoms with E-state index in [1.807, 2.05) is 0 Å². The summed E-state index contributed by atoms with van der Waals surface area (Å²) < 4.78 is 5.72. The van der Waals surface area contributed by atoms with Gasteiger partial charge >= 0.3 is 0 Å². The second kappa shape index (κ2) is 3.94. The van der Waals surface area contributed by atoms with E-state index in [1.54, 1.807) is 0 Å². The molecule has 0 aromatic carbocycles. The Morgan fingerprint density at radius 3 is 2.30 bits per heavy atom. The first-order valence-electron chi connectivity index (χ1n) is 4.23. The van der Waals surface area contributed by atoms with Crippen LogP contribution in [0.15, 0.2) is 0 Å². The van der Waals surface area contributed by atoms with E-state index in [0.717, 1.165) is 25.9 Å². The molecule has 1 heterocycles. The lowest BCUT2D eigenvalue weighted by Gasteiger charge is -2.30. The molecule has 0 amide bonds. The first kappa shape index (κ1) is 8.02. The molecule has 1 rings (SSSR count). The normalized spacial score (nSPS) is 19.5. The summed E-state index contributed by atoms with van der Waals surface area (Å²) in [7, 11) is 0. The molecule has 60 valence electrons. The molecule has 1 saturated heterocycles. The zero-order valence-corrected chi connectivity index (χ0v) is 6.89. The van der Waals surface area contributed by atoms with Gasteiger partial charge < -0.3 is 10.1 Å². The van der Waals surface area contributed by atoms with Gasteiger partial charge in [-0.1, -0.05) is 13.8 Å². The molecule has 0 aromatic heterocycles. The van der Waals surface area contributed by atoms with E-state index in [2.05, 4.69) is 19.2 Å². The molecule has 1 fully saturated rings. The molecule has 2 nitrogen and oxygen atoms in total. The molecule has 10 heavy (non-hydrogen) atoms. The van der Waals surface area contributed by atoms with Crippen molar-refractivity contribution in [1.82, 2.24) is 5.32 Å². The van der Waals surface area contributed by atoms with Crippen molar-refractivity contribution in [3.63, 3.8) is 0 Å². The zero-order chi connectivity index (χ0) is 7.40. The topological polar surface area (TPSA) is 21.3 Å². The Bertz CT molecular complexity index is 87.3.